The highest BCUT2D eigenvalue weighted by Gasteiger charge is 2.71. The van der Waals surface area contributed by atoms with Crippen LogP contribution in [0.15, 0.2) is 45.3 Å². The van der Waals surface area contributed by atoms with Crippen molar-refractivity contribution in [3.05, 3.63) is 57.3 Å². The number of hydrogen-bond acceptors (Lipinski definition) is 10. The van der Waals surface area contributed by atoms with E-state index in [4.69, 9.17) is 0 Å². The van der Waals surface area contributed by atoms with Crippen molar-refractivity contribution in [2.75, 3.05) is 24.5 Å². The number of piperidine rings is 1. The van der Waals surface area contributed by atoms with Gasteiger partial charge in [-0.3, -0.25) is 23.5 Å². The smallest absolute Gasteiger partial charge is 0.332 e. The molecule has 42 heavy (non-hydrogen) atoms. The molecule has 3 fully saturated rings. The van der Waals surface area contributed by atoms with Crippen molar-refractivity contribution in [1.29, 1.82) is 0 Å². The van der Waals surface area contributed by atoms with Gasteiger partial charge in [-0.15, -0.1) is 0 Å². The van der Waals surface area contributed by atoms with Gasteiger partial charge >= 0.3 is 5.69 Å². The standard InChI is InChI=1S/C26H26F2N10O4/c1-13(39)9-37-22(40)20-21(35(2)24(37)42)32-12-38(20)25(3-4-25)23(41)34-18-7-29-5-17(33-18)16-6-31-19(8-30-16)36-10-14-15(11-36)26(14,27)28/h6-8,12,14-15,29H,3-5,9-11H2,1-2H3,(H,34,41). The summed E-state index contributed by atoms with van der Waals surface area (Å²) in [6.07, 6.45) is 6.82. The molecule has 5 heterocycles. The van der Waals surface area contributed by atoms with E-state index in [-0.39, 0.29) is 42.4 Å². The third-order valence-corrected chi connectivity index (χ3v) is 8.48. The molecule has 2 aliphatic carbocycles. The molecule has 0 radical (unpaired) electrons. The van der Waals surface area contributed by atoms with Crippen molar-refractivity contribution in [2.45, 2.75) is 37.8 Å². The van der Waals surface area contributed by atoms with Crippen LogP contribution in [0.2, 0.25) is 0 Å². The Morgan fingerprint density at radius 2 is 1.86 bits per heavy atom. The summed E-state index contributed by atoms with van der Waals surface area (Å²) in [7, 11) is 1.45. The zero-order valence-corrected chi connectivity index (χ0v) is 22.7. The number of anilines is 1. The predicted molar refractivity (Wildman–Crippen MR) is 144 cm³/mol. The van der Waals surface area contributed by atoms with Crippen molar-refractivity contribution in [3.63, 3.8) is 0 Å². The number of aryl methyl sites for hydroxylation is 1. The SMILES string of the molecule is CC(=O)Cn1c(=O)c2c(ncn2C2(C(=O)NC3=CNCC(c4cnc(N5CC6C(C5)C6(F)F)cn4)=N3)CC2)n(C)c1=O. The number of imidazole rings is 1. The molecule has 2 N–H and O–H groups in total. The van der Waals surface area contributed by atoms with Gasteiger partial charge in [-0.2, -0.15) is 0 Å². The van der Waals surface area contributed by atoms with E-state index in [9.17, 15) is 28.0 Å². The Bertz CT molecular complexity index is 1840. The van der Waals surface area contributed by atoms with Gasteiger partial charge in [0.05, 0.1) is 49.4 Å². The lowest BCUT2D eigenvalue weighted by Gasteiger charge is -2.21. The number of carbonyl (C=O) groups is 2. The van der Waals surface area contributed by atoms with Crippen LogP contribution >= 0.6 is 0 Å². The lowest BCUT2D eigenvalue weighted by molar-refractivity contribution is -0.124. The minimum absolute atomic E-state index is 0.0559. The summed E-state index contributed by atoms with van der Waals surface area (Å²) >= 11 is 0. The first-order chi connectivity index (χ1) is 20.0. The van der Waals surface area contributed by atoms with Crippen LogP contribution in [0.1, 0.15) is 25.5 Å². The summed E-state index contributed by atoms with van der Waals surface area (Å²) in [5.41, 5.74) is -1.33. The normalized spacial score (nSPS) is 23.1. The molecule has 1 amide bonds. The van der Waals surface area contributed by atoms with Crippen molar-refractivity contribution in [1.82, 2.24) is 39.3 Å². The third kappa shape index (κ3) is 3.88. The summed E-state index contributed by atoms with van der Waals surface area (Å²) < 4.78 is 30.6. The molecule has 2 aliphatic heterocycles. The van der Waals surface area contributed by atoms with Gasteiger partial charge in [0.25, 0.3) is 17.4 Å². The lowest BCUT2D eigenvalue weighted by atomic mass is 10.2. The number of ketones is 1. The minimum Gasteiger partial charge on any atom is -0.382 e. The fourth-order valence-corrected chi connectivity index (χ4v) is 5.89. The number of nitrogens with zero attached hydrogens (tertiary/aromatic N) is 8. The summed E-state index contributed by atoms with van der Waals surface area (Å²) in [6.45, 7) is 1.72. The Hall–Kier alpha value is -4.76. The van der Waals surface area contributed by atoms with Crippen LogP contribution in [-0.4, -0.2) is 71.6 Å². The Labute approximate surface area is 235 Å². The van der Waals surface area contributed by atoms with Gasteiger partial charge in [0.1, 0.15) is 28.7 Å². The molecule has 3 aromatic rings. The second kappa shape index (κ2) is 8.87. The van der Waals surface area contributed by atoms with Gasteiger partial charge in [0.2, 0.25) is 0 Å². The molecule has 16 heteroatoms. The van der Waals surface area contributed by atoms with E-state index in [1.165, 1.54) is 41.8 Å². The molecule has 4 aliphatic rings. The number of carbonyl (C=O) groups excluding carboxylic acids is 2. The Kier molecular flexibility index (Phi) is 5.52. The van der Waals surface area contributed by atoms with E-state index in [1.807, 2.05) is 0 Å². The number of aromatic nitrogens is 6. The number of rotatable bonds is 7. The van der Waals surface area contributed by atoms with Gasteiger partial charge in [-0.05, 0) is 19.8 Å². The first-order valence-corrected chi connectivity index (χ1v) is 13.5. The van der Waals surface area contributed by atoms with Crippen molar-refractivity contribution in [3.8, 4) is 0 Å². The quantitative estimate of drug-likeness (QED) is 0.374. The van der Waals surface area contributed by atoms with Gasteiger partial charge < -0.3 is 20.1 Å². The Morgan fingerprint density at radius 3 is 2.50 bits per heavy atom. The largest absolute Gasteiger partial charge is 0.382 e. The van der Waals surface area contributed by atoms with E-state index in [0.29, 0.717) is 36.6 Å². The van der Waals surface area contributed by atoms with Gasteiger partial charge in [-0.25, -0.2) is 33.5 Å². The second-order valence-corrected chi connectivity index (χ2v) is 11.2. The molecule has 2 unspecified atom stereocenters. The van der Waals surface area contributed by atoms with E-state index in [0.717, 1.165) is 4.57 Å². The highest BCUT2D eigenvalue weighted by Crippen LogP contribution is 2.59. The Balaban J connectivity index is 1.11. The fourth-order valence-electron chi connectivity index (χ4n) is 5.89. The molecule has 3 aromatic heterocycles. The Morgan fingerprint density at radius 1 is 1.12 bits per heavy atom. The molecule has 0 bridgehead atoms. The number of aliphatic imine (C=N–C) groups is 1. The van der Waals surface area contributed by atoms with Crippen molar-refractivity contribution >= 4 is 34.4 Å². The highest BCUT2D eigenvalue weighted by atomic mass is 19.3. The van der Waals surface area contributed by atoms with Gasteiger partial charge in [0, 0.05) is 26.3 Å². The number of amides is 1. The average molecular weight is 581 g/mol. The van der Waals surface area contributed by atoms with Crippen molar-refractivity contribution < 1.29 is 18.4 Å². The molecule has 2 atom stereocenters. The molecule has 7 rings (SSSR count). The van der Waals surface area contributed by atoms with Crippen LogP contribution in [0.3, 0.4) is 0 Å². The number of hydrogen-bond donors (Lipinski definition) is 2. The van der Waals surface area contributed by atoms with Crippen LogP contribution in [-0.2, 0) is 28.7 Å². The van der Waals surface area contributed by atoms with Crippen LogP contribution in [0, 0.1) is 11.8 Å². The summed E-state index contributed by atoms with van der Waals surface area (Å²) in [5.74, 6) is -3.84. The average Bonchev–Trinajstić information content (AvgIpc) is 3.66. The first kappa shape index (κ1) is 26.2. The first-order valence-electron chi connectivity index (χ1n) is 13.5. The molecule has 1 saturated heterocycles. The number of fused-ring (bicyclic) bond motifs is 2. The molecule has 0 spiro atoms. The lowest BCUT2D eigenvalue weighted by Crippen LogP contribution is -2.43. The van der Waals surface area contributed by atoms with Crippen LogP contribution in [0.4, 0.5) is 14.6 Å². The number of nitrogens with one attached hydrogen (secondary N) is 2. The monoisotopic (exact) mass is 580 g/mol. The third-order valence-electron chi connectivity index (χ3n) is 8.48. The fraction of sp³-hybridized carbons (Fsp3) is 0.462. The summed E-state index contributed by atoms with van der Waals surface area (Å²) in [4.78, 5) is 70.6. The number of Topliss-reactive ketones (excluding diaryl/α,β-unsaturated/α-hetero) is 1. The van der Waals surface area contributed by atoms with Crippen LogP contribution in [0.25, 0.3) is 11.2 Å². The van der Waals surface area contributed by atoms with Crippen LogP contribution in [0.5, 0.6) is 0 Å². The zero-order valence-electron chi connectivity index (χ0n) is 22.7. The molecule has 218 valence electrons. The summed E-state index contributed by atoms with van der Waals surface area (Å²) in [6, 6.07) is 0. The maximum Gasteiger partial charge on any atom is 0.332 e. The molecule has 14 nitrogen and oxygen atoms in total. The van der Waals surface area contributed by atoms with E-state index >= 15 is 0 Å². The van der Waals surface area contributed by atoms with Gasteiger partial charge in [-0.1, -0.05) is 0 Å². The second-order valence-electron chi connectivity index (χ2n) is 11.2. The summed E-state index contributed by atoms with van der Waals surface area (Å²) in [5, 5.41) is 5.86. The maximum absolute atomic E-state index is 13.6. The van der Waals surface area contributed by atoms with E-state index in [2.05, 4.69) is 30.6 Å². The van der Waals surface area contributed by atoms with Gasteiger partial charge in [0.15, 0.2) is 11.2 Å². The predicted octanol–water partition coefficient (Wildman–Crippen LogP) is -0.526. The molecule has 2 saturated carbocycles. The topological polar surface area (TPSA) is 161 Å². The van der Waals surface area contributed by atoms with E-state index in [1.54, 1.807) is 11.1 Å². The minimum atomic E-state index is -2.57. The number of alkyl halides is 2. The number of halogens is 2. The molecular formula is C26H26F2N10O4. The van der Waals surface area contributed by atoms with E-state index < -0.39 is 40.5 Å². The molecule has 0 aromatic carbocycles. The highest BCUT2D eigenvalue weighted by molar-refractivity contribution is 6.02. The van der Waals surface area contributed by atoms with Crippen molar-refractivity contribution in [2.24, 2.45) is 23.9 Å². The van der Waals surface area contributed by atoms with Crippen LogP contribution < -0.4 is 26.8 Å². The zero-order chi connectivity index (χ0) is 29.6. The molecular weight excluding hydrogens is 554 g/mol. The maximum atomic E-state index is 13.6.